The monoisotopic (exact) mass is 278 g/mol. The van der Waals surface area contributed by atoms with Crippen molar-refractivity contribution in [2.45, 2.75) is 0 Å². The van der Waals surface area contributed by atoms with Crippen molar-refractivity contribution in [1.82, 2.24) is 4.98 Å². The molecular formula is C12H11BrN2O. The summed E-state index contributed by atoms with van der Waals surface area (Å²) >= 11 is 3.42. The van der Waals surface area contributed by atoms with Crippen molar-refractivity contribution in [1.29, 1.82) is 0 Å². The summed E-state index contributed by atoms with van der Waals surface area (Å²) in [6.07, 6.45) is 0. The highest BCUT2D eigenvalue weighted by molar-refractivity contribution is 9.10. The van der Waals surface area contributed by atoms with E-state index in [1.165, 1.54) is 0 Å². The molecule has 82 valence electrons. The standard InChI is InChI=1S/C12H11BrN2O/c1-16-12-7-10(14)6-11(15-12)8-3-2-4-9(13)5-8/h2-7H,1H3,(H2,14,15). The average molecular weight is 279 g/mol. The van der Waals surface area contributed by atoms with E-state index < -0.39 is 0 Å². The van der Waals surface area contributed by atoms with Gasteiger partial charge in [-0.25, -0.2) is 4.98 Å². The zero-order valence-electron chi connectivity index (χ0n) is 8.77. The third-order valence-electron chi connectivity index (χ3n) is 2.15. The molecule has 0 bridgehead atoms. The van der Waals surface area contributed by atoms with Gasteiger partial charge in [-0.3, -0.25) is 0 Å². The van der Waals surface area contributed by atoms with E-state index in [1.54, 1.807) is 13.2 Å². The molecule has 1 aromatic carbocycles. The van der Waals surface area contributed by atoms with Gasteiger partial charge in [0.05, 0.1) is 12.8 Å². The van der Waals surface area contributed by atoms with Crippen LogP contribution in [0.2, 0.25) is 0 Å². The molecule has 2 rings (SSSR count). The van der Waals surface area contributed by atoms with Gasteiger partial charge in [0, 0.05) is 21.8 Å². The van der Waals surface area contributed by atoms with Gasteiger partial charge in [0.25, 0.3) is 0 Å². The maximum atomic E-state index is 5.78. The van der Waals surface area contributed by atoms with Gasteiger partial charge in [0.15, 0.2) is 0 Å². The molecular weight excluding hydrogens is 268 g/mol. The van der Waals surface area contributed by atoms with Crippen LogP contribution >= 0.6 is 15.9 Å². The van der Waals surface area contributed by atoms with Crippen LogP contribution in [0.15, 0.2) is 40.9 Å². The van der Waals surface area contributed by atoms with Crippen LogP contribution in [-0.2, 0) is 0 Å². The molecule has 0 aliphatic heterocycles. The van der Waals surface area contributed by atoms with Crippen LogP contribution in [0.25, 0.3) is 11.3 Å². The quantitative estimate of drug-likeness (QED) is 0.918. The third-order valence-corrected chi connectivity index (χ3v) is 2.65. The molecule has 1 aromatic heterocycles. The molecule has 0 radical (unpaired) electrons. The number of halogens is 1. The molecule has 0 unspecified atom stereocenters. The smallest absolute Gasteiger partial charge is 0.215 e. The topological polar surface area (TPSA) is 48.1 Å². The highest BCUT2D eigenvalue weighted by atomic mass is 79.9. The number of benzene rings is 1. The van der Waals surface area contributed by atoms with Gasteiger partial charge >= 0.3 is 0 Å². The lowest BCUT2D eigenvalue weighted by Crippen LogP contribution is -1.94. The van der Waals surface area contributed by atoms with Gasteiger partial charge < -0.3 is 10.5 Å². The second kappa shape index (κ2) is 4.53. The van der Waals surface area contributed by atoms with Crippen LogP contribution < -0.4 is 10.5 Å². The molecule has 0 spiro atoms. The van der Waals surface area contributed by atoms with E-state index in [4.69, 9.17) is 10.5 Å². The second-order valence-electron chi connectivity index (χ2n) is 3.34. The first-order chi connectivity index (χ1) is 7.69. The molecule has 0 aliphatic rings. The van der Waals surface area contributed by atoms with Crippen molar-refractivity contribution in [3.8, 4) is 17.1 Å². The summed E-state index contributed by atoms with van der Waals surface area (Å²) in [5.74, 6) is 0.523. The Labute approximate surface area is 102 Å². The summed E-state index contributed by atoms with van der Waals surface area (Å²) in [7, 11) is 1.58. The lowest BCUT2D eigenvalue weighted by molar-refractivity contribution is 0.399. The summed E-state index contributed by atoms with van der Waals surface area (Å²) < 4.78 is 6.09. The summed E-state index contributed by atoms with van der Waals surface area (Å²) in [6.45, 7) is 0. The van der Waals surface area contributed by atoms with E-state index in [9.17, 15) is 0 Å². The first-order valence-corrected chi connectivity index (χ1v) is 5.56. The number of anilines is 1. The normalized spacial score (nSPS) is 10.1. The van der Waals surface area contributed by atoms with Gasteiger partial charge in [0.1, 0.15) is 0 Å². The highest BCUT2D eigenvalue weighted by Gasteiger charge is 2.04. The number of hydrogen-bond acceptors (Lipinski definition) is 3. The van der Waals surface area contributed by atoms with Crippen LogP contribution in [0, 0.1) is 0 Å². The number of ether oxygens (including phenoxy) is 1. The van der Waals surface area contributed by atoms with E-state index in [1.807, 2.05) is 30.3 Å². The lowest BCUT2D eigenvalue weighted by atomic mass is 10.1. The van der Waals surface area contributed by atoms with E-state index in [0.29, 0.717) is 11.6 Å². The Kier molecular flexibility index (Phi) is 3.10. The minimum Gasteiger partial charge on any atom is -0.481 e. The van der Waals surface area contributed by atoms with Crippen molar-refractivity contribution >= 4 is 21.6 Å². The first-order valence-electron chi connectivity index (χ1n) is 4.76. The Morgan fingerprint density at radius 1 is 1.25 bits per heavy atom. The molecule has 4 heteroatoms. The van der Waals surface area contributed by atoms with E-state index in [0.717, 1.165) is 15.7 Å². The molecule has 16 heavy (non-hydrogen) atoms. The third kappa shape index (κ3) is 2.33. The van der Waals surface area contributed by atoms with Gasteiger partial charge in [0.2, 0.25) is 5.88 Å². The number of nitrogens with two attached hydrogens (primary N) is 1. The summed E-state index contributed by atoms with van der Waals surface area (Å²) in [5, 5.41) is 0. The number of nitrogens with zero attached hydrogens (tertiary/aromatic N) is 1. The van der Waals surface area contributed by atoms with Gasteiger partial charge in [-0.2, -0.15) is 0 Å². The molecule has 0 amide bonds. The SMILES string of the molecule is COc1cc(N)cc(-c2cccc(Br)c2)n1. The fraction of sp³-hybridized carbons (Fsp3) is 0.0833. The second-order valence-corrected chi connectivity index (χ2v) is 4.25. The number of rotatable bonds is 2. The molecule has 1 heterocycles. The number of hydrogen-bond donors (Lipinski definition) is 1. The average Bonchev–Trinajstić information content (AvgIpc) is 2.28. The molecule has 0 aliphatic carbocycles. The Morgan fingerprint density at radius 3 is 2.75 bits per heavy atom. The lowest BCUT2D eigenvalue weighted by Gasteiger charge is -2.06. The Morgan fingerprint density at radius 2 is 2.06 bits per heavy atom. The van der Waals surface area contributed by atoms with Crippen LogP contribution in [-0.4, -0.2) is 12.1 Å². The Bertz CT molecular complexity index is 514. The van der Waals surface area contributed by atoms with Gasteiger partial charge in [-0.05, 0) is 18.2 Å². The fourth-order valence-corrected chi connectivity index (χ4v) is 1.82. The number of aromatic nitrogens is 1. The molecule has 3 nitrogen and oxygen atoms in total. The van der Waals surface area contributed by atoms with Crippen molar-refractivity contribution in [2.24, 2.45) is 0 Å². The number of pyridine rings is 1. The molecule has 2 N–H and O–H groups in total. The maximum Gasteiger partial charge on any atom is 0.215 e. The largest absolute Gasteiger partial charge is 0.481 e. The highest BCUT2D eigenvalue weighted by Crippen LogP contribution is 2.25. The van der Waals surface area contributed by atoms with Crippen molar-refractivity contribution < 1.29 is 4.74 Å². The van der Waals surface area contributed by atoms with Gasteiger partial charge in [-0.15, -0.1) is 0 Å². The van der Waals surface area contributed by atoms with E-state index >= 15 is 0 Å². The summed E-state index contributed by atoms with van der Waals surface area (Å²) in [6, 6.07) is 11.4. The van der Waals surface area contributed by atoms with Crippen LogP contribution in [0.3, 0.4) is 0 Å². The molecule has 0 saturated carbocycles. The minimum absolute atomic E-state index is 0.523. The predicted octanol–water partition coefficient (Wildman–Crippen LogP) is 3.10. The summed E-state index contributed by atoms with van der Waals surface area (Å²) in [5.41, 5.74) is 8.22. The predicted molar refractivity (Wildman–Crippen MR) is 68.3 cm³/mol. The zero-order valence-corrected chi connectivity index (χ0v) is 10.4. The van der Waals surface area contributed by atoms with E-state index in [-0.39, 0.29) is 0 Å². The van der Waals surface area contributed by atoms with Crippen LogP contribution in [0.4, 0.5) is 5.69 Å². The minimum atomic E-state index is 0.523. The molecule has 0 saturated heterocycles. The van der Waals surface area contributed by atoms with Crippen LogP contribution in [0.5, 0.6) is 5.88 Å². The van der Waals surface area contributed by atoms with Crippen molar-refractivity contribution in [2.75, 3.05) is 12.8 Å². The zero-order chi connectivity index (χ0) is 11.5. The molecule has 2 aromatic rings. The number of nitrogen functional groups attached to an aromatic ring is 1. The Hall–Kier alpha value is -1.55. The first kappa shape index (κ1) is 11.0. The summed E-state index contributed by atoms with van der Waals surface area (Å²) in [4.78, 5) is 4.34. The molecule has 0 atom stereocenters. The fourth-order valence-electron chi connectivity index (χ4n) is 1.43. The maximum absolute atomic E-state index is 5.78. The Balaban J connectivity index is 2.51. The molecule has 0 fully saturated rings. The van der Waals surface area contributed by atoms with Crippen LogP contribution in [0.1, 0.15) is 0 Å². The number of methoxy groups -OCH3 is 1. The van der Waals surface area contributed by atoms with Gasteiger partial charge in [-0.1, -0.05) is 28.1 Å². The van der Waals surface area contributed by atoms with E-state index in [2.05, 4.69) is 20.9 Å². The van der Waals surface area contributed by atoms with Crippen molar-refractivity contribution in [3.05, 3.63) is 40.9 Å². The van der Waals surface area contributed by atoms with Crippen molar-refractivity contribution in [3.63, 3.8) is 0 Å².